The number of nitrogens with zero attached hydrogens (tertiary/aromatic N) is 1. The Labute approximate surface area is 78.0 Å². The van der Waals surface area contributed by atoms with E-state index in [0.717, 1.165) is 19.4 Å². The second-order valence-corrected chi connectivity index (χ2v) is 3.03. The van der Waals surface area contributed by atoms with Crippen LogP contribution in [0.5, 0.6) is 0 Å². The number of carbonyl (C=O) groups is 1. The fourth-order valence-corrected chi connectivity index (χ4v) is 1.41. The average molecular weight is 181 g/mol. The monoisotopic (exact) mass is 181 g/mol. The van der Waals surface area contributed by atoms with E-state index >= 15 is 0 Å². The number of hydrogen-bond acceptors (Lipinski definition) is 1. The van der Waals surface area contributed by atoms with Gasteiger partial charge in [-0.15, -0.1) is 0 Å². The maximum absolute atomic E-state index is 10.3. The average Bonchev–Trinajstić information content (AvgIpc) is 2.51. The predicted octanol–water partition coefficient (Wildman–Crippen LogP) is 1.92. The molecule has 1 heterocycles. The van der Waals surface area contributed by atoms with E-state index in [0.29, 0.717) is 0 Å². The highest BCUT2D eigenvalue weighted by molar-refractivity contribution is 5.66. The van der Waals surface area contributed by atoms with Crippen LogP contribution in [0.2, 0.25) is 0 Å². The zero-order valence-electron chi connectivity index (χ0n) is 7.86. The molecule has 0 unspecified atom stereocenters. The van der Waals surface area contributed by atoms with Gasteiger partial charge in [-0.05, 0) is 31.9 Å². The summed E-state index contributed by atoms with van der Waals surface area (Å²) in [7, 11) is 0. The topological polar surface area (TPSA) is 42.2 Å². The summed E-state index contributed by atoms with van der Waals surface area (Å²) >= 11 is 0. The fraction of sp³-hybridized carbons (Fsp3) is 0.500. The van der Waals surface area contributed by atoms with Crippen molar-refractivity contribution >= 4 is 5.97 Å². The smallest absolute Gasteiger partial charge is 0.303 e. The van der Waals surface area contributed by atoms with Gasteiger partial charge in [0.25, 0.3) is 0 Å². The van der Waals surface area contributed by atoms with Crippen LogP contribution in [-0.2, 0) is 17.8 Å². The summed E-state index contributed by atoms with van der Waals surface area (Å²) < 4.78 is 2.14. The standard InChI is InChI=1S/C10H15NO2/c1-2-11-8-4-6-9(11)5-3-7-10(12)13/h4,6,8H,2-3,5,7H2,1H3,(H,12,13). The van der Waals surface area contributed by atoms with E-state index in [2.05, 4.69) is 11.5 Å². The second-order valence-electron chi connectivity index (χ2n) is 3.03. The van der Waals surface area contributed by atoms with Crippen LogP contribution in [0, 0.1) is 0 Å². The van der Waals surface area contributed by atoms with Crippen molar-refractivity contribution in [2.75, 3.05) is 0 Å². The molecule has 0 aliphatic rings. The molecule has 0 fully saturated rings. The van der Waals surface area contributed by atoms with Crippen molar-refractivity contribution in [1.29, 1.82) is 0 Å². The van der Waals surface area contributed by atoms with E-state index in [4.69, 9.17) is 5.11 Å². The first kappa shape index (κ1) is 9.84. The van der Waals surface area contributed by atoms with E-state index in [1.807, 2.05) is 18.3 Å². The molecule has 0 atom stereocenters. The number of carboxylic acid groups (broad SMARTS) is 1. The molecule has 13 heavy (non-hydrogen) atoms. The van der Waals surface area contributed by atoms with E-state index in [1.54, 1.807) is 0 Å². The highest BCUT2D eigenvalue weighted by atomic mass is 16.4. The third kappa shape index (κ3) is 2.93. The molecule has 1 aromatic rings. The summed E-state index contributed by atoms with van der Waals surface area (Å²) in [5, 5.41) is 8.46. The van der Waals surface area contributed by atoms with Crippen molar-refractivity contribution in [2.45, 2.75) is 32.7 Å². The Kier molecular flexibility index (Phi) is 3.55. The second kappa shape index (κ2) is 4.70. The van der Waals surface area contributed by atoms with Gasteiger partial charge in [0.05, 0.1) is 0 Å². The molecule has 3 nitrogen and oxygen atoms in total. The maximum atomic E-state index is 10.3. The first-order chi connectivity index (χ1) is 6.24. The van der Waals surface area contributed by atoms with Crippen LogP contribution in [0.15, 0.2) is 18.3 Å². The van der Waals surface area contributed by atoms with Crippen LogP contribution < -0.4 is 0 Å². The van der Waals surface area contributed by atoms with Gasteiger partial charge in [-0.25, -0.2) is 0 Å². The van der Waals surface area contributed by atoms with Gasteiger partial charge in [0, 0.05) is 24.9 Å². The molecule has 3 heteroatoms. The Balaban J connectivity index is 2.40. The number of carboxylic acids is 1. The zero-order valence-corrected chi connectivity index (χ0v) is 7.86. The highest BCUT2D eigenvalue weighted by Gasteiger charge is 2.01. The molecule has 0 aromatic carbocycles. The van der Waals surface area contributed by atoms with E-state index in [1.165, 1.54) is 5.69 Å². The highest BCUT2D eigenvalue weighted by Crippen LogP contribution is 2.06. The van der Waals surface area contributed by atoms with Crippen LogP contribution >= 0.6 is 0 Å². The molecule has 0 spiro atoms. The van der Waals surface area contributed by atoms with Crippen molar-refractivity contribution in [3.63, 3.8) is 0 Å². The van der Waals surface area contributed by atoms with Gasteiger partial charge in [0.2, 0.25) is 0 Å². The normalized spacial score (nSPS) is 10.2. The molecule has 0 radical (unpaired) electrons. The van der Waals surface area contributed by atoms with Gasteiger partial charge in [-0.2, -0.15) is 0 Å². The quantitative estimate of drug-likeness (QED) is 0.754. The Morgan fingerprint density at radius 1 is 1.62 bits per heavy atom. The number of hydrogen-bond donors (Lipinski definition) is 1. The predicted molar refractivity (Wildman–Crippen MR) is 50.7 cm³/mol. The van der Waals surface area contributed by atoms with Crippen molar-refractivity contribution < 1.29 is 9.90 Å². The van der Waals surface area contributed by atoms with Gasteiger partial charge in [-0.1, -0.05) is 0 Å². The summed E-state index contributed by atoms with van der Waals surface area (Å²) in [6.07, 6.45) is 3.86. The minimum atomic E-state index is -0.713. The third-order valence-electron chi connectivity index (χ3n) is 2.09. The molecule has 0 amide bonds. The van der Waals surface area contributed by atoms with Crippen LogP contribution in [0.1, 0.15) is 25.5 Å². The van der Waals surface area contributed by atoms with E-state index < -0.39 is 5.97 Å². The zero-order chi connectivity index (χ0) is 9.68. The molecule has 1 aromatic heterocycles. The van der Waals surface area contributed by atoms with Gasteiger partial charge < -0.3 is 9.67 Å². The van der Waals surface area contributed by atoms with Crippen LogP contribution in [0.3, 0.4) is 0 Å². The summed E-state index contributed by atoms with van der Waals surface area (Å²) in [4.78, 5) is 10.3. The van der Waals surface area contributed by atoms with Crippen LogP contribution in [-0.4, -0.2) is 15.6 Å². The third-order valence-corrected chi connectivity index (χ3v) is 2.09. The van der Waals surface area contributed by atoms with Crippen molar-refractivity contribution in [1.82, 2.24) is 4.57 Å². The number of aromatic nitrogens is 1. The summed E-state index contributed by atoms with van der Waals surface area (Å²) in [6, 6.07) is 4.05. The SMILES string of the molecule is CCn1cccc1CCCC(=O)O. The van der Waals surface area contributed by atoms with Gasteiger partial charge in [0.15, 0.2) is 0 Å². The molecule has 72 valence electrons. The Morgan fingerprint density at radius 3 is 3.00 bits per heavy atom. The lowest BCUT2D eigenvalue weighted by molar-refractivity contribution is -0.137. The molecule has 0 saturated heterocycles. The maximum Gasteiger partial charge on any atom is 0.303 e. The molecule has 0 aliphatic carbocycles. The summed E-state index contributed by atoms with van der Waals surface area (Å²) in [5.74, 6) is -0.713. The van der Waals surface area contributed by atoms with Crippen LogP contribution in [0.25, 0.3) is 0 Å². The van der Waals surface area contributed by atoms with E-state index in [9.17, 15) is 4.79 Å². The number of rotatable bonds is 5. The lowest BCUT2D eigenvalue weighted by Crippen LogP contribution is -2.01. The van der Waals surface area contributed by atoms with Crippen molar-refractivity contribution in [3.05, 3.63) is 24.0 Å². The van der Waals surface area contributed by atoms with Crippen molar-refractivity contribution in [3.8, 4) is 0 Å². The lowest BCUT2D eigenvalue weighted by Gasteiger charge is -2.04. The lowest BCUT2D eigenvalue weighted by atomic mass is 10.2. The molecule has 0 aliphatic heterocycles. The molecule has 1 rings (SSSR count). The van der Waals surface area contributed by atoms with Crippen LogP contribution in [0.4, 0.5) is 0 Å². The molecular formula is C10H15NO2. The Morgan fingerprint density at radius 2 is 2.38 bits per heavy atom. The summed E-state index contributed by atoms with van der Waals surface area (Å²) in [5.41, 5.74) is 1.23. The molecule has 1 N–H and O–H groups in total. The largest absolute Gasteiger partial charge is 0.481 e. The first-order valence-electron chi connectivity index (χ1n) is 4.60. The fourth-order valence-electron chi connectivity index (χ4n) is 1.41. The number of aryl methyl sites for hydroxylation is 2. The van der Waals surface area contributed by atoms with Crippen molar-refractivity contribution in [2.24, 2.45) is 0 Å². The van der Waals surface area contributed by atoms with Gasteiger partial charge >= 0.3 is 5.97 Å². The number of aliphatic carboxylic acids is 1. The summed E-state index contributed by atoms with van der Waals surface area (Å²) in [6.45, 7) is 3.04. The van der Waals surface area contributed by atoms with E-state index in [-0.39, 0.29) is 6.42 Å². The van der Waals surface area contributed by atoms with Gasteiger partial charge in [-0.3, -0.25) is 4.79 Å². The van der Waals surface area contributed by atoms with Gasteiger partial charge in [0.1, 0.15) is 0 Å². The molecule has 0 saturated carbocycles. The molecule has 0 bridgehead atoms. The minimum Gasteiger partial charge on any atom is -0.481 e. The Hall–Kier alpha value is -1.25. The Bertz CT molecular complexity index is 278. The minimum absolute atomic E-state index is 0.259. The first-order valence-corrected chi connectivity index (χ1v) is 4.60. The molecular weight excluding hydrogens is 166 g/mol.